The van der Waals surface area contributed by atoms with Crippen LogP contribution in [-0.4, -0.2) is 32.7 Å². The van der Waals surface area contributed by atoms with Crippen molar-refractivity contribution in [3.8, 4) is 17.1 Å². The van der Waals surface area contributed by atoms with Gasteiger partial charge in [0.05, 0.1) is 36.2 Å². The molecule has 0 saturated carbocycles. The van der Waals surface area contributed by atoms with Crippen LogP contribution in [0.15, 0.2) is 33.9 Å². The molecule has 3 rings (SSSR count). The molecule has 2 heterocycles. The first kappa shape index (κ1) is 15.9. The smallest absolute Gasteiger partial charge is 0.305 e. The molecule has 0 bridgehead atoms. The third kappa shape index (κ3) is 2.81. The molecule has 24 heavy (non-hydrogen) atoms. The zero-order valence-electron chi connectivity index (χ0n) is 12.6. The molecule has 0 radical (unpaired) electrons. The first-order valence-corrected chi connectivity index (χ1v) is 7.37. The van der Waals surface area contributed by atoms with Gasteiger partial charge in [0.1, 0.15) is 5.75 Å². The van der Waals surface area contributed by atoms with Gasteiger partial charge >= 0.3 is 5.97 Å². The van der Waals surface area contributed by atoms with Crippen molar-refractivity contribution in [2.45, 2.75) is 13.0 Å². The zero-order valence-corrected chi connectivity index (χ0v) is 13.4. The third-order valence-electron chi connectivity index (χ3n) is 3.55. The lowest BCUT2D eigenvalue weighted by atomic mass is 10.1. The predicted molar refractivity (Wildman–Crippen MR) is 87.7 cm³/mol. The minimum Gasteiger partial charge on any atom is -0.496 e. The van der Waals surface area contributed by atoms with Gasteiger partial charge < -0.3 is 19.2 Å². The van der Waals surface area contributed by atoms with Crippen LogP contribution in [0, 0.1) is 4.77 Å². The maximum absolute atomic E-state index is 12.7. The number of aliphatic carboxylic acids is 1. The van der Waals surface area contributed by atoms with Crippen LogP contribution in [0.5, 0.6) is 5.75 Å². The highest BCUT2D eigenvalue weighted by atomic mass is 32.1. The van der Waals surface area contributed by atoms with Crippen molar-refractivity contribution >= 4 is 29.1 Å². The van der Waals surface area contributed by atoms with Crippen LogP contribution in [0.3, 0.4) is 0 Å². The van der Waals surface area contributed by atoms with Gasteiger partial charge in [-0.2, -0.15) is 0 Å². The summed E-state index contributed by atoms with van der Waals surface area (Å²) in [5.41, 5.74) is 0.685. The van der Waals surface area contributed by atoms with Crippen molar-refractivity contribution in [3.05, 3.63) is 39.8 Å². The number of aromatic amines is 1. The van der Waals surface area contributed by atoms with Gasteiger partial charge in [-0.15, -0.1) is 0 Å². The van der Waals surface area contributed by atoms with Gasteiger partial charge in [0, 0.05) is 12.6 Å². The van der Waals surface area contributed by atoms with E-state index in [2.05, 4.69) is 9.97 Å². The highest BCUT2D eigenvalue weighted by Gasteiger charge is 2.15. The second-order valence-electron chi connectivity index (χ2n) is 4.99. The largest absolute Gasteiger partial charge is 0.496 e. The first-order chi connectivity index (χ1) is 11.5. The summed E-state index contributed by atoms with van der Waals surface area (Å²) < 4.78 is 12.0. The number of hydrogen-bond donors (Lipinski definition) is 2. The summed E-state index contributed by atoms with van der Waals surface area (Å²) in [5, 5.41) is 9.16. The monoisotopic (exact) mass is 347 g/mol. The van der Waals surface area contributed by atoms with E-state index in [-0.39, 0.29) is 23.3 Å². The van der Waals surface area contributed by atoms with E-state index in [1.165, 1.54) is 24.3 Å². The van der Waals surface area contributed by atoms with Crippen molar-refractivity contribution in [1.82, 2.24) is 14.5 Å². The Bertz CT molecular complexity index is 1020. The quantitative estimate of drug-likeness (QED) is 0.681. The summed E-state index contributed by atoms with van der Waals surface area (Å²) in [6.45, 7) is -0.0108. The number of carboxylic acids is 1. The normalized spacial score (nSPS) is 10.9. The number of nitrogens with one attached hydrogen (secondary N) is 1. The Kier molecular flexibility index (Phi) is 4.17. The van der Waals surface area contributed by atoms with Crippen LogP contribution in [0.1, 0.15) is 6.42 Å². The second kappa shape index (κ2) is 6.28. The summed E-state index contributed by atoms with van der Waals surface area (Å²) in [4.78, 5) is 30.2. The first-order valence-electron chi connectivity index (χ1n) is 6.96. The molecule has 0 aliphatic rings. The van der Waals surface area contributed by atoms with Gasteiger partial charge in [0.25, 0.3) is 5.56 Å². The standard InChI is InChI=1S/C15H13N3O5S/c1-22-11-5-10-8(4-9(11)12-6-16-7-23-12)14(21)18(15(24)17-10)3-2-13(19)20/h4-7H,2-3H2,1H3,(H,17,24)(H,19,20). The predicted octanol–water partition coefficient (Wildman–Crippen LogP) is 2.20. The fraction of sp³-hybridized carbons (Fsp3) is 0.200. The number of benzene rings is 1. The van der Waals surface area contributed by atoms with Gasteiger partial charge in [-0.3, -0.25) is 14.2 Å². The van der Waals surface area contributed by atoms with Gasteiger partial charge in [0.2, 0.25) is 0 Å². The number of rotatable bonds is 5. The average molecular weight is 347 g/mol. The summed E-state index contributed by atoms with van der Waals surface area (Å²) >= 11 is 5.16. The average Bonchev–Trinajstić information content (AvgIpc) is 3.07. The maximum atomic E-state index is 12.7. The Hall–Kier alpha value is -2.94. The molecule has 8 nitrogen and oxygen atoms in total. The topological polar surface area (TPSA) is 110 Å². The van der Waals surface area contributed by atoms with E-state index in [0.717, 1.165) is 0 Å². The Morgan fingerprint density at radius 2 is 2.29 bits per heavy atom. The molecular weight excluding hydrogens is 334 g/mol. The van der Waals surface area contributed by atoms with Gasteiger partial charge in [-0.25, -0.2) is 4.98 Å². The molecule has 0 fully saturated rings. The van der Waals surface area contributed by atoms with Crippen LogP contribution in [0.4, 0.5) is 0 Å². The number of fused-ring (bicyclic) bond motifs is 1. The van der Waals surface area contributed by atoms with Crippen LogP contribution >= 0.6 is 12.2 Å². The van der Waals surface area contributed by atoms with Gasteiger partial charge in [-0.05, 0) is 18.3 Å². The number of H-pyrrole nitrogens is 1. The lowest BCUT2D eigenvalue weighted by molar-refractivity contribution is -0.137. The second-order valence-corrected chi connectivity index (χ2v) is 5.38. The summed E-state index contributed by atoms with van der Waals surface area (Å²) in [6.07, 6.45) is 2.59. The van der Waals surface area contributed by atoms with E-state index in [0.29, 0.717) is 28.0 Å². The fourth-order valence-corrected chi connectivity index (χ4v) is 2.69. The van der Waals surface area contributed by atoms with E-state index in [1.807, 2.05) is 0 Å². The van der Waals surface area contributed by atoms with Crippen LogP contribution in [0.2, 0.25) is 0 Å². The lowest BCUT2D eigenvalue weighted by Crippen LogP contribution is -2.23. The number of carbonyl (C=O) groups is 1. The Morgan fingerprint density at radius 3 is 2.92 bits per heavy atom. The van der Waals surface area contributed by atoms with Crippen molar-refractivity contribution < 1.29 is 19.1 Å². The number of ether oxygens (including phenoxy) is 1. The minimum absolute atomic E-state index is 0.0108. The fourth-order valence-electron chi connectivity index (χ4n) is 2.40. The molecule has 124 valence electrons. The number of carboxylic acid groups (broad SMARTS) is 1. The van der Waals surface area contributed by atoms with Crippen molar-refractivity contribution in [3.63, 3.8) is 0 Å². The molecule has 2 N–H and O–H groups in total. The van der Waals surface area contributed by atoms with Crippen molar-refractivity contribution in [2.24, 2.45) is 0 Å². The van der Waals surface area contributed by atoms with E-state index in [9.17, 15) is 9.59 Å². The highest BCUT2D eigenvalue weighted by Crippen LogP contribution is 2.32. The number of aromatic nitrogens is 3. The number of hydrogen-bond acceptors (Lipinski definition) is 6. The van der Waals surface area contributed by atoms with E-state index < -0.39 is 5.97 Å². The van der Waals surface area contributed by atoms with E-state index in [4.69, 9.17) is 26.5 Å². The van der Waals surface area contributed by atoms with Crippen LogP contribution in [0.25, 0.3) is 22.2 Å². The van der Waals surface area contributed by atoms with E-state index in [1.54, 1.807) is 12.1 Å². The molecule has 0 saturated heterocycles. The van der Waals surface area contributed by atoms with Crippen LogP contribution < -0.4 is 10.3 Å². The Morgan fingerprint density at radius 1 is 1.50 bits per heavy atom. The molecule has 3 aromatic rings. The molecule has 1 aromatic carbocycles. The molecule has 0 amide bonds. The van der Waals surface area contributed by atoms with Gasteiger partial charge in [0.15, 0.2) is 16.9 Å². The summed E-state index contributed by atoms with van der Waals surface area (Å²) in [5.74, 6) is -0.0613. The SMILES string of the molecule is COc1cc2[nH]c(=S)n(CCC(=O)O)c(=O)c2cc1-c1cnco1. The molecule has 0 spiro atoms. The molecule has 0 unspecified atom stereocenters. The number of oxazole rings is 1. The maximum Gasteiger partial charge on any atom is 0.305 e. The molecule has 9 heteroatoms. The minimum atomic E-state index is -1.01. The Balaban J connectivity index is 2.24. The number of nitrogens with zero attached hydrogens (tertiary/aromatic N) is 2. The van der Waals surface area contributed by atoms with Crippen LogP contribution in [-0.2, 0) is 11.3 Å². The molecule has 0 aliphatic heterocycles. The lowest BCUT2D eigenvalue weighted by Gasteiger charge is -2.10. The summed E-state index contributed by atoms with van der Waals surface area (Å²) in [6, 6.07) is 3.26. The van der Waals surface area contributed by atoms with E-state index >= 15 is 0 Å². The van der Waals surface area contributed by atoms with Gasteiger partial charge in [-0.1, -0.05) is 0 Å². The molecule has 0 aliphatic carbocycles. The summed E-state index contributed by atoms with van der Waals surface area (Å²) in [7, 11) is 1.50. The number of methoxy groups -OCH3 is 1. The molecular formula is C15H13N3O5S. The third-order valence-corrected chi connectivity index (χ3v) is 3.87. The highest BCUT2D eigenvalue weighted by molar-refractivity contribution is 7.71. The van der Waals surface area contributed by atoms with Crippen molar-refractivity contribution in [2.75, 3.05) is 7.11 Å². The molecule has 0 atom stereocenters. The zero-order chi connectivity index (χ0) is 17.3. The Labute approximate surface area is 140 Å². The molecule has 2 aromatic heterocycles. The van der Waals surface area contributed by atoms with Crippen molar-refractivity contribution in [1.29, 1.82) is 0 Å².